The van der Waals surface area contributed by atoms with E-state index in [1.807, 2.05) is 11.0 Å². The molecule has 0 radical (unpaired) electrons. The second-order valence-corrected chi connectivity index (χ2v) is 8.98. The van der Waals surface area contributed by atoms with Crippen LogP contribution in [0.5, 0.6) is 11.5 Å². The first-order valence-corrected chi connectivity index (χ1v) is 11.7. The monoisotopic (exact) mass is 441 g/mol. The zero-order valence-corrected chi connectivity index (χ0v) is 21.0. The summed E-state index contributed by atoms with van der Waals surface area (Å²) in [6.45, 7) is 5.47. The van der Waals surface area contributed by atoms with Crippen LogP contribution in [0.1, 0.15) is 49.9 Å². The Morgan fingerprint density at radius 2 is 1.60 bits per heavy atom. The molecule has 0 aliphatic heterocycles. The Labute approximate surface area is 201 Å². The Morgan fingerprint density at radius 1 is 1.03 bits per heavy atom. The fraction of sp³-hybridized carbons (Fsp3) is 0.409. The van der Waals surface area contributed by atoms with Crippen molar-refractivity contribution in [2.75, 3.05) is 24.2 Å². The molecule has 0 aliphatic carbocycles. The van der Waals surface area contributed by atoms with Crippen LogP contribution in [0, 0.1) is 0 Å². The van der Waals surface area contributed by atoms with Gasteiger partial charge in [0.1, 0.15) is 10.6 Å². The number of ether oxygens (including phenoxy) is 1. The van der Waals surface area contributed by atoms with Crippen molar-refractivity contribution < 1.29 is 52.6 Å². The summed E-state index contributed by atoms with van der Waals surface area (Å²) in [5, 5.41) is 11.6. The van der Waals surface area contributed by atoms with E-state index in [4.69, 9.17) is 4.74 Å². The third-order valence-electron chi connectivity index (χ3n) is 4.54. The third kappa shape index (κ3) is 7.30. The fourth-order valence-electron chi connectivity index (χ4n) is 2.98. The number of para-hydroxylation sites is 1. The average Bonchev–Trinajstić information content (AvgIpc) is 2.68. The Kier molecular flexibility index (Phi) is 10.9. The molecule has 8 heteroatoms. The minimum absolute atomic E-state index is 0. The molecule has 0 spiro atoms. The molecule has 2 aromatic carbocycles. The van der Waals surface area contributed by atoms with Crippen molar-refractivity contribution in [2.45, 2.75) is 44.4 Å². The number of carbonyl (C=O) groups is 1. The van der Waals surface area contributed by atoms with Gasteiger partial charge in [0.05, 0.1) is 11.7 Å². The van der Waals surface area contributed by atoms with Gasteiger partial charge in [-0.15, -0.1) is 0 Å². The Hall–Kier alpha value is -1.54. The molecule has 2 rings (SSSR count). The molecular formula is C22H28NNaO5S. The molecular weight excluding hydrogens is 413 g/mol. The average molecular weight is 442 g/mol. The molecule has 0 aliphatic rings. The molecule has 0 amide bonds. The maximum Gasteiger partial charge on any atom is 1.00 e. The summed E-state index contributed by atoms with van der Waals surface area (Å²) in [6, 6.07) is 11.4. The first kappa shape index (κ1) is 26.5. The smallest absolute Gasteiger partial charge is 0.545 e. The first-order valence-electron chi connectivity index (χ1n) is 9.85. The number of carboxylic acid groups (broad SMARTS) is 1. The summed E-state index contributed by atoms with van der Waals surface area (Å²) >= 11 is 0. The number of carboxylic acids is 1. The zero-order valence-electron chi connectivity index (χ0n) is 18.2. The summed E-state index contributed by atoms with van der Waals surface area (Å²) in [7, 11) is -3.75. The number of hydrogen-bond acceptors (Lipinski definition) is 6. The van der Waals surface area contributed by atoms with E-state index in [1.165, 1.54) is 6.07 Å². The number of anilines is 1. The maximum absolute atomic E-state index is 12.5. The number of benzene rings is 2. The van der Waals surface area contributed by atoms with Crippen LogP contribution in [-0.2, 0) is 9.84 Å². The molecule has 0 saturated heterocycles. The van der Waals surface area contributed by atoms with Crippen molar-refractivity contribution in [2.24, 2.45) is 0 Å². The van der Waals surface area contributed by atoms with Crippen molar-refractivity contribution in [1.29, 1.82) is 0 Å². The summed E-state index contributed by atoms with van der Waals surface area (Å²) in [6.07, 6.45) is 4.73. The van der Waals surface area contributed by atoms with Gasteiger partial charge in [-0.1, -0.05) is 44.9 Å². The molecule has 0 heterocycles. The van der Waals surface area contributed by atoms with Gasteiger partial charge in [-0.3, -0.25) is 0 Å². The van der Waals surface area contributed by atoms with Gasteiger partial charge < -0.3 is 19.5 Å². The van der Waals surface area contributed by atoms with Gasteiger partial charge in [0, 0.05) is 24.9 Å². The Balaban J connectivity index is 0.00000450. The fourth-order valence-corrected chi connectivity index (χ4v) is 3.80. The number of aromatic carboxylic acids is 1. The molecule has 0 aromatic heterocycles. The van der Waals surface area contributed by atoms with E-state index >= 15 is 0 Å². The molecule has 158 valence electrons. The van der Waals surface area contributed by atoms with Crippen LogP contribution in [0.3, 0.4) is 0 Å². The SMILES string of the molecule is CCCCN(CCCC)c1cc(C(=O)[O-])cc(S(C)(=O)=O)c1Oc1ccccc1.[Na+]. The summed E-state index contributed by atoms with van der Waals surface area (Å²) in [4.78, 5) is 13.4. The van der Waals surface area contributed by atoms with E-state index in [0.29, 0.717) is 24.5 Å². The molecule has 6 nitrogen and oxygen atoms in total. The molecule has 0 unspecified atom stereocenters. The number of nitrogens with zero attached hydrogens (tertiary/aromatic N) is 1. The van der Waals surface area contributed by atoms with Crippen LogP contribution in [0.2, 0.25) is 0 Å². The summed E-state index contributed by atoms with van der Waals surface area (Å²) < 4.78 is 31.0. The number of sulfone groups is 1. The van der Waals surface area contributed by atoms with Crippen LogP contribution in [0.25, 0.3) is 0 Å². The third-order valence-corrected chi connectivity index (χ3v) is 5.64. The number of carbonyl (C=O) groups excluding carboxylic acids is 1. The first-order chi connectivity index (χ1) is 13.8. The van der Waals surface area contributed by atoms with Gasteiger partial charge in [0.25, 0.3) is 0 Å². The molecule has 2 aromatic rings. The van der Waals surface area contributed by atoms with Crippen LogP contribution in [-0.4, -0.2) is 33.7 Å². The standard InChI is InChI=1S/C22H29NO5S.Na/c1-4-6-13-23(14-7-5-2)19-15-17(22(24)25)16-20(29(3,26)27)21(19)28-18-11-9-8-10-12-18;/h8-12,15-16H,4-7,13-14H2,1-3H3,(H,24,25);/q;+1/p-1. The molecule has 0 saturated carbocycles. The van der Waals surface area contributed by atoms with Crippen LogP contribution in [0.15, 0.2) is 47.4 Å². The number of rotatable bonds is 11. The quantitative estimate of drug-likeness (QED) is 0.476. The zero-order chi connectivity index (χ0) is 21.4. The van der Waals surface area contributed by atoms with E-state index in [-0.39, 0.29) is 45.8 Å². The van der Waals surface area contributed by atoms with E-state index < -0.39 is 15.8 Å². The minimum Gasteiger partial charge on any atom is -0.545 e. The second-order valence-electron chi connectivity index (χ2n) is 6.99. The Bertz CT molecular complexity index is 924. The normalized spacial score (nSPS) is 10.9. The largest absolute Gasteiger partial charge is 1.00 e. The van der Waals surface area contributed by atoms with Gasteiger partial charge in [-0.25, -0.2) is 8.42 Å². The van der Waals surface area contributed by atoms with Crippen molar-refractivity contribution >= 4 is 21.5 Å². The maximum atomic E-state index is 12.5. The van der Waals surface area contributed by atoms with Gasteiger partial charge in [-0.05, 0) is 37.1 Å². The summed E-state index contributed by atoms with van der Waals surface area (Å²) in [5.74, 6) is -0.796. The molecule has 30 heavy (non-hydrogen) atoms. The van der Waals surface area contributed by atoms with E-state index in [1.54, 1.807) is 24.3 Å². The summed E-state index contributed by atoms with van der Waals surface area (Å²) in [5.41, 5.74) is 0.275. The second kappa shape index (κ2) is 12.3. The number of unbranched alkanes of at least 4 members (excludes halogenated alkanes) is 2. The predicted molar refractivity (Wildman–Crippen MR) is 112 cm³/mol. The van der Waals surface area contributed by atoms with E-state index in [0.717, 1.165) is 38.0 Å². The van der Waals surface area contributed by atoms with E-state index in [9.17, 15) is 18.3 Å². The van der Waals surface area contributed by atoms with E-state index in [2.05, 4.69) is 13.8 Å². The minimum atomic E-state index is -3.75. The molecule has 0 atom stereocenters. The topological polar surface area (TPSA) is 86.7 Å². The van der Waals surface area contributed by atoms with Crippen LogP contribution in [0.4, 0.5) is 5.69 Å². The van der Waals surface area contributed by atoms with Gasteiger partial charge in [0.2, 0.25) is 0 Å². The number of hydrogen-bond donors (Lipinski definition) is 0. The van der Waals surface area contributed by atoms with Gasteiger partial charge in [-0.2, -0.15) is 0 Å². The van der Waals surface area contributed by atoms with Crippen molar-refractivity contribution in [3.8, 4) is 11.5 Å². The van der Waals surface area contributed by atoms with Crippen molar-refractivity contribution in [1.82, 2.24) is 0 Å². The van der Waals surface area contributed by atoms with Crippen LogP contribution < -0.4 is 44.3 Å². The van der Waals surface area contributed by atoms with Crippen LogP contribution >= 0.6 is 0 Å². The molecule has 0 bridgehead atoms. The molecule has 0 fully saturated rings. The van der Waals surface area contributed by atoms with Crippen molar-refractivity contribution in [3.63, 3.8) is 0 Å². The van der Waals surface area contributed by atoms with Crippen molar-refractivity contribution in [3.05, 3.63) is 48.0 Å². The predicted octanol–water partition coefficient (Wildman–Crippen LogP) is 0.657. The Morgan fingerprint density at radius 3 is 2.07 bits per heavy atom. The molecule has 0 N–H and O–H groups in total. The van der Waals surface area contributed by atoms with Gasteiger partial charge in [0.15, 0.2) is 15.6 Å². The van der Waals surface area contributed by atoms with Gasteiger partial charge >= 0.3 is 29.6 Å².